The Kier molecular flexibility index (Phi) is 8.46. The molecule has 2 N–H and O–H groups in total. The van der Waals surface area contributed by atoms with Crippen LogP contribution in [0.3, 0.4) is 0 Å². The number of halogens is 6. The summed E-state index contributed by atoms with van der Waals surface area (Å²) in [5.41, 5.74) is -3.44. The molecule has 0 radical (unpaired) electrons. The standard InChI is InChI=1S/C31H30F6N2O3/c1-18(2)15-38-28(42)29(3)25-7-5-4-6-24(25)27(41)39(26(29)21-10-8-19(17-40)9-11-21)16-20-12-22(30(32,33)34)14-23(13-20)31(35,36)37/h4-14,18,26,40H,15-17H2,1-3H3,(H,38,42)/t26-,29-/m0/s1. The molecule has 1 heterocycles. The lowest BCUT2D eigenvalue weighted by Gasteiger charge is -2.48. The van der Waals surface area contributed by atoms with Crippen LogP contribution in [0.2, 0.25) is 0 Å². The maximum absolute atomic E-state index is 14.0. The minimum Gasteiger partial charge on any atom is -0.392 e. The van der Waals surface area contributed by atoms with Crippen molar-refractivity contribution in [2.75, 3.05) is 6.54 Å². The summed E-state index contributed by atoms with van der Waals surface area (Å²) in [6.45, 7) is 4.77. The molecule has 5 nitrogen and oxygen atoms in total. The van der Waals surface area contributed by atoms with Crippen LogP contribution in [0.15, 0.2) is 66.7 Å². The highest BCUT2D eigenvalue weighted by molar-refractivity contribution is 6.03. The van der Waals surface area contributed by atoms with Gasteiger partial charge < -0.3 is 15.3 Å². The fourth-order valence-electron chi connectivity index (χ4n) is 5.37. The maximum Gasteiger partial charge on any atom is 0.416 e. The van der Waals surface area contributed by atoms with Crippen LogP contribution in [0.1, 0.15) is 70.6 Å². The highest BCUT2D eigenvalue weighted by atomic mass is 19.4. The Morgan fingerprint density at radius 2 is 1.50 bits per heavy atom. The fraction of sp³-hybridized carbons (Fsp3) is 0.355. The second-order valence-electron chi connectivity index (χ2n) is 11.0. The fourth-order valence-corrected chi connectivity index (χ4v) is 5.37. The van der Waals surface area contributed by atoms with Gasteiger partial charge in [-0.1, -0.05) is 56.3 Å². The van der Waals surface area contributed by atoms with E-state index in [4.69, 9.17) is 0 Å². The van der Waals surface area contributed by atoms with Gasteiger partial charge in [-0.05, 0) is 59.4 Å². The Bertz CT molecular complexity index is 1430. The molecule has 0 aliphatic carbocycles. The number of rotatable bonds is 7. The van der Waals surface area contributed by atoms with Crippen LogP contribution < -0.4 is 5.32 Å². The van der Waals surface area contributed by atoms with E-state index < -0.39 is 58.9 Å². The number of fused-ring (bicyclic) bond motifs is 1. The summed E-state index contributed by atoms with van der Waals surface area (Å²) in [4.78, 5) is 29.1. The normalized spacial score (nSPS) is 19.2. The Balaban J connectivity index is 1.95. The number of carbonyl (C=O) groups is 2. The summed E-state index contributed by atoms with van der Waals surface area (Å²) in [5.74, 6) is -1.04. The molecule has 2 amide bonds. The predicted molar refractivity (Wildman–Crippen MR) is 143 cm³/mol. The summed E-state index contributed by atoms with van der Waals surface area (Å²) in [6, 6.07) is 12.8. The average Bonchev–Trinajstić information content (AvgIpc) is 2.93. The third-order valence-corrected chi connectivity index (χ3v) is 7.46. The summed E-state index contributed by atoms with van der Waals surface area (Å²) >= 11 is 0. The van der Waals surface area contributed by atoms with E-state index in [2.05, 4.69) is 5.32 Å². The molecule has 0 spiro atoms. The molecule has 0 saturated carbocycles. The van der Waals surface area contributed by atoms with Gasteiger partial charge in [-0.25, -0.2) is 0 Å². The van der Waals surface area contributed by atoms with E-state index in [-0.39, 0.29) is 24.2 Å². The van der Waals surface area contributed by atoms with Crippen LogP contribution in [-0.4, -0.2) is 28.4 Å². The van der Waals surface area contributed by atoms with Gasteiger partial charge in [0, 0.05) is 18.7 Å². The van der Waals surface area contributed by atoms with Crippen molar-refractivity contribution < 1.29 is 41.0 Å². The van der Waals surface area contributed by atoms with Crippen molar-refractivity contribution in [3.05, 3.63) is 106 Å². The Morgan fingerprint density at radius 3 is 2.02 bits per heavy atom. The lowest BCUT2D eigenvalue weighted by molar-refractivity contribution is -0.143. The highest BCUT2D eigenvalue weighted by Crippen LogP contribution is 2.48. The number of benzene rings is 3. The quantitative estimate of drug-likeness (QED) is 0.302. The van der Waals surface area contributed by atoms with Gasteiger partial charge in [-0.2, -0.15) is 26.3 Å². The number of amides is 2. The minimum absolute atomic E-state index is 0.0331. The zero-order valence-corrected chi connectivity index (χ0v) is 23.1. The molecule has 1 aliphatic heterocycles. The van der Waals surface area contributed by atoms with Crippen molar-refractivity contribution in [2.24, 2.45) is 5.92 Å². The van der Waals surface area contributed by atoms with Crippen molar-refractivity contribution in [3.63, 3.8) is 0 Å². The summed E-state index contributed by atoms with van der Waals surface area (Å²) < 4.78 is 82.0. The molecular weight excluding hydrogens is 562 g/mol. The molecule has 42 heavy (non-hydrogen) atoms. The zero-order valence-electron chi connectivity index (χ0n) is 23.1. The number of aliphatic hydroxyl groups excluding tert-OH is 1. The van der Waals surface area contributed by atoms with Crippen LogP contribution in [0.25, 0.3) is 0 Å². The van der Waals surface area contributed by atoms with Gasteiger partial charge in [0.25, 0.3) is 5.91 Å². The smallest absolute Gasteiger partial charge is 0.392 e. The molecule has 224 valence electrons. The monoisotopic (exact) mass is 592 g/mol. The van der Waals surface area contributed by atoms with Gasteiger partial charge in [-0.15, -0.1) is 0 Å². The largest absolute Gasteiger partial charge is 0.416 e. The number of aliphatic hydroxyl groups is 1. The van der Waals surface area contributed by atoms with Gasteiger partial charge in [0.15, 0.2) is 0 Å². The van der Waals surface area contributed by atoms with Crippen molar-refractivity contribution in [1.29, 1.82) is 0 Å². The van der Waals surface area contributed by atoms with Crippen LogP contribution in [0.5, 0.6) is 0 Å². The van der Waals surface area contributed by atoms with E-state index in [9.17, 15) is 41.0 Å². The zero-order chi connectivity index (χ0) is 31.0. The second kappa shape index (κ2) is 11.4. The van der Waals surface area contributed by atoms with Crippen LogP contribution in [0.4, 0.5) is 26.3 Å². The van der Waals surface area contributed by atoms with Crippen molar-refractivity contribution in [2.45, 2.75) is 57.7 Å². The Labute approximate surface area is 239 Å². The van der Waals surface area contributed by atoms with E-state index in [1.165, 1.54) is 6.07 Å². The molecule has 11 heteroatoms. The van der Waals surface area contributed by atoms with E-state index in [0.717, 1.165) is 4.90 Å². The molecule has 3 aromatic carbocycles. The number of nitrogens with zero attached hydrogens (tertiary/aromatic N) is 1. The molecule has 3 aromatic rings. The number of alkyl halides is 6. The maximum atomic E-state index is 14.0. The number of carbonyl (C=O) groups excluding carboxylic acids is 2. The van der Waals surface area contributed by atoms with Crippen LogP contribution in [0, 0.1) is 5.92 Å². The number of nitrogens with one attached hydrogen (secondary N) is 1. The third-order valence-electron chi connectivity index (χ3n) is 7.46. The molecular formula is C31H30F6N2O3. The van der Waals surface area contributed by atoms with Gasteiger partial charge >= 0.3 is 12.4 Å². The van der Waals surface area contributed by atoms with Gasteiger partial charge in [-0.3, -0.25) is 9.59 Å². The highest BCUT2D eigenvalue weighted by Gasteiger charge is 2.53. The minimum atomic E-state index is -5.07. The molecule has 1 aliphatic rings. The molecule has 0 fully saturated rings. The first-order valence-electron chi connectivity index (χ1n) is 13.2. The van der Waals surface area contributed by atoms with Gasteiger partial charge in [0.2, 0.25) is 5.91 Å². The summed E-state index contributed by atoms with van der Waals surface area (Å²) in [5, 5.41) is 12.4. The average molecular weight is 593 g/mol. The second-order valence-corrected chi connectivity index (χ2v) is 11.0. The van der Waals surface area contributed by atoms with Gasteiger partial charge in [0.05, 0.1) is 29.2 Å². The van der Waals surface area contributed by atoms with Crippen molar-refractivity contribution in [1.82, 2.24) is 10.2 Å². The number of hydrogen-bond donors (Lipinski definition) is 2. The third kappa shape index (κ3) is 6.01. The molecule has 2 atom stereocenters. The lowest BCUT2D eigenvalue weighted by atomic mass is 9.67. The van der Waals surface area contributed by atoms with Crippen LogP contribution in [-0.2, 0) is 35.7 Å². The van der Waals surface area contributed by atoms with E-state index in [0.29, 0.717) is 35.4 Å². The summed E-state index contributed by atoms with van der Waals surface area (Å²) in [7, 11) is 0. The van der Waals surface area contributed by atoms with Crippen molar-refractivity contribution in [3.8, 4) is 0 Å². The SMILES string of the molecule is CC(C)CNC(=O)[C@@]1(C)c2ccccc2C(=O)N(Cc2cc(C(F)(F)F)cc(C(F)(F)F)c2)[C@H]1c1ccc(CO)cc1. The van der Waals surface area contributed by atoms with E-state index >= 15 is 0 Å². The first kappa shape index (κ1) is 31.1. The molecule has 4 rings (SSSR count). The first-order valence-corrected chi connectivity index (χ1v) is 13.2. The number of hydrogen-bond acceptors (Lipinski definition) is 3. The van der Waals surface area contributed by atoms with E-state index in [1.54, 1.807) is 49.4 Å². The van der Waals surface area contributed by atoms with E-state index in [1.807, 2.05) is 13.8 Å². The first-order chi connectivity index (χ1) is 19.6. The molecule has 0 aromatic heterocycles. The predicted octanol–water partition coefficient (Wildman–Crippen LogP) is 6.64. The molecule has 0 bridgehead atoms. The molecule has 0 unspecified atom stereocenters. The topological polar surface area (TPSA) is 69.6 Å². The van der Waals surface area contributed by atoms with Gasteiger partial charge in [0.1, 0.15) is 0 Å². The molecule has 0 saturated heterocycles. The Hall–Kier alpha value is -3.86. The Morgan fingerprint density at radius 1 is 0.929 bits per heavy atom. The van der Waals surface area contributed by atoms with Crippen molar-refractivity contribution >= 4 is 11.8 Å². The van der Waals surface area contributed by atoms with Crippen LogP contribution >= 0.6 is 0 Å². The lowest BCUT2D eigenvalue weighted by Crippen LogP contribution is -2.57. The summed E-state index contributed by atoms with van der Waals surface area (Å²) in [6.07, 6.45) is -10.1.